The lowest BCUT2D eigenvalue weighted by Crippen LogP contribution is -2.35. The van der Waals surface area contributed by atoms with Crippen molar-refractivity contribution in [2.75, 3.05) is 5.32 Å². The maximum atomic E-state index is 12.8. The third-order valence-electron chi connectivity index (χ3n) is 6.00. The van der Waals surface area contributed by atoms with Gasteiger partial charge in [-0.05, 0) is 75.2 Å². The first-order valence-corrected chi connectivity index (χ1v) is 11.9. The second-order valence-corrected chi connectivity index (χ2v) is 9.21. The average Bonchev–Trinajstić information content (AvgIpc) is 3.49. The number of alkyl halides is 3. The number of aromatic hydroxyl groups is 1. The molecule has 0 spiro atoms. The van der Waals surface area contributed by atoms with Crippen molar-refractivity contribution in [2.45, 2.75) is 57.9 Å². The van der Waals surface area contributed by atoms with Crippen molar-refractivity contribution in [1.29, 1.82) is 0 Å². The molecule has 1 aromatic heterocycles. The Bertz CT molecular complexity index is 1280. The Morgan fingerprint density at radius 3 is 2.38 bits per heavy atom. The summed E-state index contributed by atoms with van der Waals surface area (Å²) in [5.74, 6) is -0.915. The highest BCUT2D eigenvalue weighted by Gasteiger charge is 2.31. The van der Waals surface area contributed by atoms with Crippen LogP contribution in [0.25, 0.3) is 11.3 Å². The average molecular weight is 517 g/mol. The molecule has 1 saturated carbocycles. The number of nitrogens with one attached hydrogen (secondary N) is 2. The summed E-state index contributed by atoms with van der Waals surface area (Å²) in [5, 5.41) is 20.5. The van der Waals surface area contributed by atoms with E-state index in [1.807, 2.05) is 13.8 Å². The Labute approximate surface area is 211 Å². The van der Waals surface area contributed by atoms with E-state index in [4.69, 9.17) is 0 Å². The summed E-state index contributed by atoms with van der Waals surface area (Å²) >= 11 is 0. The predicted octanol–water partition coefficient (Wildman–Crippen LogP) is 6.03. The van der Waals surface area contributed by atoms with Gasteiger partial charge in [-0.15, -0.1) is 13.2 Å². The summed E-state index contributed by atoms with van der Waals surface area (Å²) in [4.78, 5) is 25.5. The second kappa shape index (κ2) is 10.5. The van der Waals surface area contributed by atoms with E-state index >= 15 is 0 Å². The van der Waals surface area contributed by atoms with E-state index in [0.717, 1.165) is 43.5 Å². The van der Waals surface area contributed by atoms with Crippen LogP contribution >= 0.6 is 0 Å². The van der Waals surface area contributed by atoms with Gasteiger partial charge in [-0.3, -0.25) is 4.79 Å². The minimum absolute atomic E-state index is 0.0847. The molecule has 0 bridgehead atoms. The van der Waals surface area contributed by atoms with Crippen LogP contribution in [0, 0.1) is 0 Å². The fourth-order valence-electron chi connectivity index (χ4n) is 4.34. The normalized spacial score (nSPS) is 14.1. The lowest BCUT2D eigenvalue weighted by atomic mass is 10.0. The van der Waals surface area contributed by atoms with Gasteiger partial charge >= 0.3 is 12.4 Å². The predicted molar refractivity (Wildman–Crippen MR) is 131 cm³/mol. The monoisotopic (exact) mass is 516 g/mol. The molecule has 37 heavy (non-hydrogen) atoms. The van der Waals surface area contributed by atoms with Crippen molar-refractivity contribution < 1.29 is 32.6 Å². The van der Waals surface area contributed by atoms with Gasteiger partial charge in [0.05, 0.1) is 11.4 Å². The number of aromatic nitrogens is 2. The van der Waals surface area contributed by atoms with Gasteiger partial charge in [-0.1, -0.05) is 12.8 Å². The highest BCUT2D eigenvalue weighted by Crippen LogP contribution is 2.38. The zero-order valence-electron chi connectivity index (χ0n) is 20.3. The van der Waals surface area contributed by atoms with E-state index in [-0.39, 0.29) is 29.3 Å². The Balaban J connectivity index is 1.58. The molecule has 196 valence electrons. The Hall–Kier alpha value is -4.02. The van der Waals surface area contributed by atoms with Gasteiger partial charge in [0.15, 0.2) is 0 Å². The number of anilines is 1. The van der Waals surface area contributed by atoms with Crippen LogP contribution in [0.5, 0.6) is 11.5 Å². The van der Waals surface area contributed by atoms with Crippen LogP contribution in [-0.2, 0) is 0 Å². The molecule has 1 aliphatic rings. The molecule has 0 atom stereocenters. The summed E-state index contributed by atoms with van der Waals surface area (Å²) in [6.07, 6.45) is -0.823. The molecule has 3 N–H and O–H groups in total. The molecule has 0 saturated heterocycles. The van der Waals surface area contributed by atoms with Gasteiger partial charge < -0.3 is 20.5 Å². The first-order chi connectivity index (χ1) is 17.5. The van der Waals surface area contributed by atoms with Gasteiger partial charge in [0.2, 0.25) is 0 Å². The number of nitrogens with zero attached hydrogens (tertiary/aromatic N) is 2. The molecule has 1 aliphatic carbocycles. The fraction of sp³-hybridized carbons (Fsp3) is 0.346. The minimum atomic E-state index is -4.83. The number of amides is 2. The number of ether oxygens (including phenoxy) is 1. The van der Waals surface area contributed by atoms with Gasteiger partial charge in [-0.2, -0.15) is 9.78 Å². The van der Waals surface area contributed by atoms with Crippen molar-refractivity contribution in [3.8, 4) is 22.8 Å². The maximum absolute atomic E-state index is 12.8. The van der Waals surface area contributed by atoms with Crippen LogP contribution in [0.4, 0.5) is 23.7 Å². The highest BCUT2D eigenvalue weighted by atomic mass is 19.4. The molecule has 2 amide bonds. The van der Waals surface area contributed by atoms with Gasteiger partial charge in [0, 0.05) is 28.8 Å². The minimum Gasteiger partial charge on any atom is -0.507 e. The highest BCUT2D eigenvalue weighted by molar-refractivity contribution is 6.04. The molecule has 1 heterocycles. The smallest absolute Gasteiger partial charge is 0.507 e. The van der Waals surface area contributed by atoms with Crippen molar-refractivity contribution in [3.05, 3.63) is 59.8 Å². The molecule has 1 fully saturated rings. The summed E-state index contributed by atoms with van der Waals surface area (Å²) in [6, 6.07) is 10.3. The summed E-state index contributed by atoms with van der Waals surface area (Å²) in [5.41, 5.74) is 1.91. The van der Waals surface area contributed by atoms with Crippen LogP contribution < -0.4 is 15.4 Å². The molecular formula is C26H27F3N4O4. The van der Waals surface area contributed by atoms with Crippen molar-refractivity contribution in [1.82, 2.24) is 15.1 Å². The molecule has 0 aliphatic heterocycles. The summed E-state index contributed by atoms with van der Waals surface area (Å²) in [6.45, 7) is 3.71. The summed E-state index contributed by atoms with van der Waals surface area (Å²) in [7, 11) is 0. The molecule has 0 unspecified atom stereocenters. The molecule has 3 aromatic rings. The number of carbonyl (C=O) groups excluding carboxylic acids is 2. The third kappa shape index (κ3) is 6.41. The number of rotatable bonds is 6. The quantitative estimate of drug-likeness (QED) is 0.347. The summed E-state index contributed by atoms with van der Waals surface area (Å²) < 4.78 is 42.3. The third-order valence-corrected chi connectivity index (χ3v) is 6.00. The molecule has 8 nitrogen and oxygen atoms in total. The van der Waals surface area contributed by atoms with Gasteiger partial charge in [0.1, 0.15) is 11.5 Å². The molecule has 0 radical (unpaired) electrons. The van der Waals surface area contributed by atoms with E-state index in [9.17, 15) is 27.9 Å². The first kappa shape index (κ1) is 26.1. The molecule has 4 rings (SSSR count). The SMILES string of the molecule is CC(C)NC(=O)n1nc(-c2cc(NC(=O)c3ccc(OC(F)(F)F)cc3)ccc2O)cc1C1CCCC1. The largest absolute Gasteiger partial charge is 0.573 e. The van der Waals surface area contributed by atoms with Crippen molar-refractivity contribution >= 4 is 17.6 Å². The standard InChI is InChI=1S/C26H27F3N4O4/c1-15(2)30-25(36)33-22(16-5-3-4-6-16)14-21(32-33)20-13-18(9-12-23(20)34)31-24(35)17-7-10-19(11-8-17)37-26(27,28)29/h7-16,34H,3-6H2,1-2H3,(H,30,36)(H,31,35). The second-order valence-electron chi connectivity index (χ2n) is 9.21. The Morgan fingerprint density at radius 2 is 1.76 bits per heavy atom. The number of phenols is 1. The number of phenolic OH excluding ortho intramolecular Hbond substituents is 1. The van der Waals surface area contributed by atoms with E-state index < -0.39 is 18.0 Å². The van der Waals surface area contributed by atoms with Crippen molar-refractivity contribution in [3.63, 3.8) is 0 Å². The van der Waals surface area contributed by atoms with E-state index in [0.29, 0.717) is 16.9 Å². The first-order valence-electron chi connectivity index (χ1n) is 11.9. The lowest BCUT2D eigenvalue weighted by molar-refractivity contribution is -0.274. The van der Waals surface area contributed by atoms with Crippen LogP contribution in [-0.4, -0.2) is 39.2 Å². The zero-order chi connectivity index (χ0) is 26.7. The number of hydrogen-bond acceptors (Lipinski definition) is 5. The fourth-order valence-corrected chi connectivity index (χ4v) is 4.34. The zero-order valence-corrected chi connectivity index (χ0v) is 20.3. The van der Waals surface area contributed by atoms with E-state index in [1.54, 1.807) is 6.07 Å². The lowest BCUT2D eigenvalue weighted by Gasteiger charge is -2.13. The molecule has 11 heteroatoms. The van der Waals surface area contributed by atoms with Gasteiger partial charge in [-0.25, -0.2) is 4.79 Å². The van der Waals surface area contributed by atoms with Gasteiger partial charge in [0.25, 0.3) is 5.91 Å². The Morgan fingerprint density at radius 1 is 1.08 bits per heavy atom. The molecule has 2 aromatic carbocycles. The van der Waals surface area contributed by atoms with Crippen LogP contribution in [0.15, 0.2) is 48.5 Å². The number of hydrogen-bond donors (Lipinski definition) is 3. The van der Waals surface area contributed by atoms with E-state index in [1.165, 1.54) is 35.0 Å². The maximum Gasteiger partial charge on any atom is 0.573 e. The number of carbonyl (C=O) groups is 2. The topological polar surface area (TPSA) is 105 Å². The number of benzene rings is 2. The Kier molecular flexibility index (Phi) is 7.42. The number of halogens is 3. The van der Waals surface area contributed by atoms with E-state index in [2.05, 4.69) is 20.5 Å². The van der Waals surface area contributed by atoms with Crippen LogP contribution in [0.1, 0.15) is 61.5 Å². The van der Waals surface area contributed by atoms with Crippen molar-refractivity contribution in [2.24, 2.45) is 0 Å². The van der Waals surface area contributed by atoms with Crippen LogP contribution in [0.2, 0.25) is 0 Å². The van der Waals surface area contributed by atoms with Crippen LogP contribution in [0.3, 0.4) is 0 Å². The molecular weight excluding hydrogens is 489 g/mol.